The smallest absolute Gasteiger partial charge is 0.358 e. The summed E-state index contributed by atoms with van der Waals surface area (Å²) in [6.45, 7) is 21.2. The Kier molecular flexibility index (Phi) is 12.3. The summed E-state index contributed by atoms with van der Waals surface area (Å²) in [4.78, 5) is 0. The van der Waals surface area contributed by atoms with E-state index >= 15 is 0 Å². The van der Waals surface area contributed by atoms with Gasteiger partial charge in [0.15, 0.2) is 0 Å². The zero-order valence-electron chi connectivity index (χ0n) is 22.8. The maximum Gasteiger partial charge on any atom is 4.00 e. The van der Waals surface area contributed by atoms with Crippen LogP contribution in [0.1, 0.15) is 60.6 Å². The van der Waals surface area contributed by atoms with Crippen molar-refractivity contribution in [3.05, 3.63) is 98.2 Å². The molecule has 2 heteroatoms. The van der Waals surface area contributed by atoms with Gasteiger partial charge in [-0.25, -0.2) is 0 Å². The second kappa shape index (κ2) is 11.9. The van der Waals surface area contributed by atoms with Crippen molar-refractivity contribution in [2.75, 3.05) is 0 Å². The zero-order valence-corrected chi connectivity index (χ0v) is 25.5. The van der Waals surface area contributed by atoms with Crippen molar-refractivity contribution in [2.45, 2.75) is 73.8 Å². The van der Waals surface area contributed by atoms with Crippen LogP contribution in [0.3, 0.4) is 0 Å². The van der Waals surface area contributed by atoms with E-state index in [0.29, 0.717) is 0 Å². The van der Waals surface area contributed by atoms with Gasteiger partial charge in [-0.15, -0.1) is 0 Å². The van der Waals surface area contributed by atoms with E-state index in [1.54, 1.807) is 10.4 Å². The van der Waals surface area contributed by atoms with E-state index in [2.05, 4.69) is 105 Å². The van der Waals surface area contributed by atoms with Gasteiger partial charge in [-0.2, -0.15) is 27.4 Å². The fraction of sp³-hybridized carbons (Fsp3) is 0.400. The molecule has 174 valence electrons. The summed E-state index contributed by atoms with van der Waals surface area (Å²) in [5.41, 5.74) is 9.04. The number of benzene rings is 1. The summed E-state index contributed by atoms with van der Waals surface area (Å²) < 4.78 is 0. The van der Waals surface area contributed by atoms with Crippen LogP contribution in [0.5, 0.6) is 0 Å². The fourth-order valence-electron chi connectivity index (χ4n) is 5.42. The van der Waals surface area contributed by atoms with Gasteiger partial charge in [0.05, 0.1) is 8.80 Å². The molecule has 0 nitrogen and oxygen atoms in total. The van der Waals surface area contributed by atoms with Crippen molar-refractivity contribution in [3.8, 4) is 0 Å². The third kappa shape index (κ3) is 5.54. The van der Waals surface area contributed by atoms with Crippen LogP contribution in [0.15, 0.2) is 42.5 Å². The minimum Gasteiger partial charge on any atom is -0.358 e. The summed E-state index contributed by atoms with van der Waals surface area (Å²) >= 11 is 0. The van der Waals surface area contributed by atoms with E-state index in [4.69, 9.17) is 0 Å². The molecule has 0 amide bonds. The van der Waals surface area contributed by atoms with Gasteiger partial charge in [-0.3, -0.25) is 0 Å². The quantitative estimate of drug-likeness (QED) is 0.319. The van der Waals surface area contributed by atoms with Crippen molar-refractivity contribution >= 4 is 19.2 Å². The Morgan fingerprint density at radius 2 is 1.25 bits per heavy atom. The van der Waals surface area contributed by atoms with E-state index in [1.165, 1.54) is 33.4 Å². The van der Waals surface area contributed by atoms with Gasteiger partial charge in [-0.05, 0) is 30.7 Å². The van der Waals surface area contributed by atoms with Gasteiger partial charge in [0.2, 0.25) is 0 Å². The van der Waals surface area contributed by atoms with Crippen molar-refractivity contribution in [2.24, 2.45) is 5.41 Å². The van der Waals surface area contributed by atoms with Crippen LogP contribution in [0.2, 0.25) is 5.04 Å². The van der Waals surface area contributed by atoms with Crippen LogP contribution in [-0.4, -0.2) is 8.80 Å². The third-order valence-corrected chi connectivity index (χ3v) is 12.1. The van der Waals surface area contributed by atoms with Crippen LogP contribution < -0.4 is 10.4 Å². The van der Waals surface area contributed by atoms with Crippen LogP contribution in [0, 0.1) is 69.2 Å². The number of hydrogen-bond donors (Lipinski definition) is 0. The molecule has 2 unspecified atom stereocenters. The molecule has 0 aliphatic heterocycles. The summed E-state index contributed by atoms with van der Waals surface area (Å²) in [5.74, 6) is 0. The SMILES string of the molecule is Cc1cc(C)cc([SiH]([c-]2c(C)c(C)c(C)c2C)C2(C(C)(C)C)C=CC=CC2)c1.[CH3-].[CH3-].[CH3-].[Ti+4]. The largest absolute Gasteiger partial charge is 4.00 e. The molecular formula is C30H46SiTi. The maximum absolute atomic E-state index is 2.57. The van der Waals surface area contributed by atoms with Gasteiger partial charge < -0.3 is 22.3 Å². The number of aryl methyl sites for hydroxylation is 2. The Balaban J connectivity index is 0. The van der Waals surface area contributed by atoms with Crippen molar-refractivity contribution in [1.29, 1.82) is 0 Å². The molecule has 1 aliphatic carbocycles. The molecule has 0 fully saturated rings. The van der Waals surface area contributed by atoms with Gasteiger partial charge in [0.1, 0.15) is 0 Å². The van der Waals surface area contributed by atoms with Crippen LogP contribution >= 0.6 is 0 Å². The van der Waals surface area contributed by atoms with Crippen molar-refractivity contribution in [3.63, 3.8) is 0 Å². The molecule has 32 heavy (non-hydrogen) atoms. The molecule has 0 saturated heterocycles. The van der Waals surface area contributed by atoms with Crippen molar-refractivity contribution in [1.82, 2.24) is 0 Å². The normalized spacial score (nSPS) is 18.0. The van der Waals surface area contributed by atoms with E-state index < -0.39 is 8.80 Å². The van der Waals surface area contributed by atoms with Gasteiger partial charge >= 0.3 is 21.7 Å². The molecule has 0 radical (unpaired) electrons. The molecule has 0 saturated carbocycles. The second-order valence-corrected chi connectivity index (χ2v) is 13.2. The monoisotopic (exact) mass is 482 g/mol. The zero-order chi connectivity index (χ0) is 20.9. The Labute approximate surface area is 217 Å². The summed E-state index contributed by atoms with van der Waals surface area (Å²) in [5, 5.41) is 3.48. The predicted octanol–water partition coefficient (Wildman–Crippen LogP) is 7.25. The second-order valence-electron chi connectivity index (χ2n) is 10.0. The standard InChI is InChI=1S/C27H37Si.3CH3.Ti/c1-18-15-19(2)17-24(16-18)28(25-22(5)20(3)21(4)23(25)6)27(26(7,8)9)13-11-10-12-14-27;;;;/h10-13,15-17,28H,14H2,1-9H3;3*1H3;/q4*-1;+4. The first-order valence-electron chi connectivity index (χ1n) is 10.6. The molecule has 0 aromatic heterocycles. The molecule has 0 spiro atoms. The predicted molar refractivity (Wildman–Crippen MR) is 148 cm³/mol. The first-order chi connectivity index (χ1) is 13.0. The summed E-state index contributed by atoms with van der Waals surface area (Å²) in [6.07, 6.45) is 10.7. The molecule has 0 heterocycles. The average molecular weight is 483 g/mol. The number of hydrogen-bond acceptors (Lipinski definition) is 0. The first-order valence-corrected chi connectivity index (χ1v) is 12.4. The minimum atomic E-state index is -1.57. The maximum atomic E-state index is 2.57. The number of rotatable bonds is 3. The fourth-order valence-corrected chi connectivity index (χ4v) is 10.6. The average Bonchev–Trinajstić information content (AvgIpc) is 2.79. The Bertz CT molecular complexity index is 906. The van der Waals surface area contributed by atoms with Gasteiger partial charge in [-0.1, -0.05) is 107 Å². The molecular weight excluding hydrogens is 436 g/mol. The van der Waals surface area contributed by atoms with Crippen LogP contribution in [0.25, 0.3) is 0 Å². The topological polar surface area (TPSA) is 0 Å². The first kappa shape index (κ1) is 33.2. The molecule has 2 aromatic carbocycles. The van der Waals surface area contributed by atoms with Gasteiger partial charge in [0, 0.05) is 0 Å². The molecule has 3 rings (SSSR count). The molecule has 0 N–H and O–H groups in total. The third-order valence-electron chi connectivity index (χ3n) is 7.37. The minimum absolute atomic E-state index is 0. The number of allylic oxidation sites excluding steroid dienone is 4. The van der Waals surface area contributed by atoms with E-state index in [-0.39, 0.29) is 54.5 Å². The van der Waals surface area contributed by atoms with E-state index in [9.17, 15) is 0 Å². The van der Waals surface area contributed by atoms with E-state index in [1.807, 2.05) is 0 Å². The van der Waals surface area contributed by atoms with Crippen LogP contribution in [0.4, 0.5) is 0 Å². The Morgan fingerprint density at radius 3 is 1.62 bits per heavy atom. The van der Waals surface area contributed by atoms with Crippen molar-refractivity contribution < 1.29 is 21.7 Å². The molecule has 1 aliphatic rings. The summed E-state index contributed by atoms with van der Waals surface area (Å²) in [6, 6.07) is 7.29. The van der Waals surface area contributed by atoms with Gasteiger partial charge in [0.25, 0.3) is 0 Å². The Hall–Kier alpha value is -1.02. The molecule has 0 bridgehead atoms. The Morgan fingerprint density at radius 1 is 0.781 bits per heavy atom. The van der Waals surface area contributed by atoms with E-state index in [0.717, 1.165) is 6.42 Å². The summed E-state index contributed by atoms with van der Waals surface area (Å²) in [7, 11) is -1.57. The molecule has 2 atom stereocenters. The molecule has 2 aromatic rings. The van der Waals surface area contributed by atoms with Crippen LogP contribution in [-0.2, 0) is 21.7 Å².